The van der Waals surface area contributed by atoms with Crippen LogP contribution in [-0.2, 0) is 0 Å². The van der Waals surface area contributed by atoms with Crippen molar-refractivity contribution < 1.29 is 5.02 Å². The number of hydrogen-bond donors (Lipinski definition) is 1. The van der Waals surface area contributed by atoms with Crippen LogP contribution in [0.25, 0.3) is 0 Å². The summed E-state index contributed by atoms with van der Waals surface area (Å²) in [6.07, 6.45) is 5.99. The molecule has 1 N–H and O–H groups in total. The van der Waals surface area contributed by atoms with Crippen LogP contribution in [0, 0.1) is 0 Å². The third-order valence-electron chi connectivity index (χ3n) is 2.04. The zero-order valence-electron chi connectivity index (χ0n) is 6.20. The van der Waals surface area contributed by atoms with Crippen LogP contribution in [0.15, 0.2) is 18.5 Å². The Hall–Kier alpha value is -0.825. The van der Waals surface area contributed by atoms with E-state index in [9.17, 15) is 0 Å². The lowest BCUT2D eigenvalue weighted by atomic mass is 9.84. The Bertz CT molecular complexity index is 260. The molecule has 1 heterocycles. The van der Waals surface area contributed by atoms with Crippen LogP contribution in [0.4, 0.5) is 0 Å². The van der Waals surface area contributed by atoms with Crippen molar-refractivity contribution in [2.45, 2.75) is 18.8 Å². The molecule has 1 aromatic heterocycles. The monoisotopic (exact) mass is 146 g/mol. The van der Waals surface area contributed by atoms with Gasteiger partial charge in [0.15, 0.2) is 0 Å². The molecule has 1 aliphatic rings. The summed E-state index contributed by atoms with van der Waals surface area (Å²) in [5.74, 6) is 0.677. The van der Waals surface area contributed by atoms with Crippen molar-refractivity contribution in [3.63, 3.8) is 0 Å². The van der Waals surface area contributed by atoms with Gasteiger partial charge in [0, 0.05) is 12.4 Å². The fourth-order valence-corrected chi connectivity index (χ4v) is 1.29. The smallest absolute Gasteiger partial charge is 0.328 e. The molecule has 0 saturated heterocycles. The molecule has 1 aromatic rings. The van der Waals surface area contributed by atoms with Crippen molar-refractivity contribution in [1.82, 2.24) is 4.98 Å². The first-order chi connectivity index (χ1) is 5.42. The van der Waals surface area contributed by atoms with Gasteiger partial charge in [-0.15, -0.1) is 0 Å². The van der Waals surface area contributed by atoms with Crippen molar-refractivity contribution >= 4 is 12.9 Å². The minimum Gasteiger partial charge on any atom is -0.450 e. The van der Waals surface area contributed by atoms with E-state index in [4.69, 9.17) is 5.02 Å². The number of pyridine rings is 1. The molecule has 0 unspecified atom stereocenters. The van der Waals surface area contributed by atoms with Gasteiger partial charge in [-0.3, -0.25) is 4.98 Å². The van der Waals surface area contributed by atoms with Crippen molar-refractivity contribution in [3.05, 3.63) is 24.0 Å². The summed E-state index contributed by atoms with van der Waals surface area (Å²) in [4.78, 5) is 3.94. The Labute approximate surface area is 66.6 Å². The number of hydrogen-bond acceptors (Lipinski definition) is 2. The standard InChI is InChI=1S/C8H9BNO/c11-9-8-5-10-4-3-7(8)6-1-2-6/h3-6,11H,1-2H2. The highest BCUT2D eigenvalue weighted by molar-refractivity contribution is 6.46. The van der Waals surface area contributed by atoms with Crippen molar-refractivity contribution in [2.75, 3.05) is 0 Å². The van der Waals surface area contributed by atoms with Gasteiger partial charge in [0.25, 0.3) is 0 Å². The number of nitrogens with zero attached hydrogens (tertiary/aromatic N) is 1. The molecule has 3 heteroatoms. The molecule has 0 aromatic carbocycles. The topological polar surface area (TPSA) is 33.1 Å². The van der Waals surface area contributed by atoms with Gasteiger partial charge in [0.05, 0.1) is 0 Å². The molecule has 1 saturated carbocycles. The second-order valence-corrected chi connectivity index (χ2v) is 2.91. The zero-order chi connectivity index (χ0) is 7.68. The lowest BCUT2D eigenvalue weighted by Gasteiger charge is -2.01. The summed E-state index contributed by atoms with van der Waals surface area (Å²) in [5.41, 5.74) is 2.11. The quantitative estimate of drug-likeness (QED) is 0.604. The first-order valence-electron chi connectivity index (χ1n) is 3.83. The summed E-state index contributed by atoms with van der Waals surface area (Å²) in [6, 6.07) is 1.99. The average Bonchev–Trinajstić information content (AvgIpc) is 2.87. The lowest BCUT2D eigenvalue weighted by molar-refractivity contribution is 0.615. The minimum absolute atomic E-state index is 0.677. The average molecular weight is 146 g/mol. The maximum absolute atomic E-state index is 8.83. The van der Waals surface area contributed by atoms with Gasteiger partial charge in [-0.1, -0.05) is 0 Å². The third-order valence-corrected chi connectivity index (χ3v) is 2.04. The van der Waals surface area contributed by atoms with E-state index in [2.05, 4.69) is 4.98 Å². The highest BCUT2D eigenvalue weighted by Gasteiger charge is 2.25. The van der Waals surface area contributed by atoms with Crippen LogP contribution >= 0.6 is 0 Å². The molecule has 0 atom stereocenters. The van der Waals surface area contributed by atoms with Crippen LogP contribution < -0.4 is 5.46 Å². The molecule has 55 valence electrons. The summed E-state index contributed by atoms with van der Waals surface area (Å²) < 4.78 is 0. The number of aromatic nitrogens is 1. The van der Waals surface area contributed by atoms with Gasteiger partial charge in [-0.25, -0.2) is 0 Å². The molecule has 0 aliphatic heterocycles. The maximum atomic E-state index is 8.83. The van der Waals surface area contributed by atoms with E-state index in [1.807, 2.05) is 6.07 Å². The second kappa shape index (κ2) is 2.66. The molecule has 0 spiro atoms. The van der Waals surface area contributed by atoms with E-state index in [1.54, 1.807) is 12.4 Å². The van der Waals surface area contributed by atoms with Crippen LogP contribution in [0.3, 0.4) is 0 Å². The Morgan fingerprint density at radius 1 is 1.55 bits per heavy atom. The van der Waals surface area contributed by atoms with Crippen LogP contribution in [0.5, 0.6) is 0 Å². The van der Waals surface area contributed by atoms with Gasteiger partial charge >= 0.3 is 7.48 Å². The fraction of sp³-hybridized carbons (Fsp3) is 0.375. The van der Waals surface area contributed by atoms with E-state index in [-0.39, 0.29) is 0 Å². The summed E-state index contributed by atoms with van der Waals surface area (Å²) in [5, 5.41) is 8.83. The van der Waals surface area contributed by atoms with Gasteiger partial charge < -0.3 is 5.02 Å². The fourth-order valence-electron chi connectivity index (χ4n) is 1.29. The summed E-state index contributed by atoms with van der Waals surface area (Å²) in [6.45, 7) is 0. The van der Waals surface area contributed by atoms with Crippen molar-refractivity contribution in [1.29, 1.82) is 0 Å². The van der Waals surface area contributed by atoms with Crippen LogP contribution in [0.1, 0.15) is 24.3 Å². The van der Waals surface area contributed by atoms with E-state index >= 15 is 0 Å². The SMILES string of the molecule is O[B]c1cnccc1C1CC1. The van der Waals surface area contributed by atoms with E-state index in [0.29, 0.717) is 5.92 Å². The molecule has 2 rings (SSSR count). The Balaban J connectivity index is 2.34. The Morgan fingerprint density at radius 2 is 2.36 bits per heavy atom. The van der Waals surface area contributed by atoms with Gasteiger partial charge in [-0.05, 0) is 35.9 Å². The molecule has 11 heavy (non-hydrogen) atoms. The molecule has 0 amide bonds. The minimum atomic E-state index is 0.677. The van der Waals surface area contributed by atoms with Crippen LogP contribution in [0.2, 0.25) is 0 Å². The normalized spacial score (nSPS) is 16.5. The van der Waals surface area contributed by atoms with Crippen molar-refractivity contribution in [3.8, 4) is 0 Å². The highest BCUT2D eigenvalue weighted by atomic mass is 16.2. The van der Waals surface area contributed by atoms with Crippen LogP contribution in [-0.4, -0.2) is 17.5 Å². The Morgan fingerprint density at radius 3 is 3.00 bits per heavy atom. The third kappa shape index (κ3) is 1.28. The van der Waals surface area contributed by atoms with Gasteiger partial charge in [0.1, 0.15) is 0 Å². The molecular formula is C8H9BNO. The van der Waals surface area contributed by atoms with Crippen molar-refractivity contribution in [2.24, 2.45) is 0 Å². The number of rotatable bonds is 2. The lowest BCUT2D eigenvalue weighted by Crippen LogP contribution is -2.18. The first kappa shape index (κ1) is 6.86. The van der Waals surface area contributed by atoms with E-state index in [0.717, 1.165) is 12.9 Å². The zero-order valence-corrected chi connectivity index (χ0v) is 6.20. The second-order valence-electron chi connectivity index (χ2n) is 2.91. The molecule has 2 nitrogen and oxygen atoms in total. The van der Waals surface area contributed by atoms with E-state index < -0.39 is 0 Å². The predicted molar refractivity (Wildman–Crippen MR) is 43.8 cm³/mol. The molecule has 0 bridgehead atoms. The largest absolute Gasteiger partial charge is 0.450 e. The molecule has 1 radical (unpaired) electrons. The molecular weight excluding hydrogens is 137 g/mol. The summed E-state index contributed by atoms with van der Waals surface area (Å²) >= 11 is 0. The van der Waals surface area contributed by atoms with Gasteiger partial charge in [0.2, 0.25) is 0 Å². The molecule has 1 aliphatic carbocycles. The van der Waals surface area contributed by atoms with E-state index in [1.165, 1.54) is 18.4 Å². The Kier molecular flexibility index (Phi) is 1.66. The molecule has 1 fully saturated rings. The highest BCUT2D eigenvalue weighted by Crippen LogP contribution is 2.38. The maximum Gasteiger partial charge on any atom is 0.328 e. The predicted octanol–water partition coefficient (Wildman–Crippen LogP) is 0.196. The summed E-state index contributed by atoms with van der Waals surface area (Å²) in [7, 11) is 1.14. The first-order valence-corrected chi connectivity index (χ1v) is 3.83. The van der Waals surface area contributed by atoms with Gasteiger partial charge in [-0.2, -0.15) is 0 Å².